The van der Waals surface area contributed by atoms with Crippen molar-refractivity contribution in [2.45, 2.75) is 6.92 Å². The Balaban J connectivity index is 2.21. The van der Waals surface area contributed by atoms with Gasteiger partial charge in [-0.1, -0.05) is 42.0 Å². The Labute approximate surface area is 107 Å². The highest BCUT2D eigenvalue weighted by molar-refractivity contribution is 5.80. The normalized spacial score (nSPS) is 10.8. The van der Waals surface area contributed by atoms with E-state index in [2.05, 4.69) is 79.3 Å². The standard InChI is InChI=1S/C17H16N/c1-13-7-9-14(10-8-13)16-11-15-5-3-4-6-17(15)18(2)12-16/h3-12H,1-2H3/q+1. The van der Waals surface area contributed by atoms with Crippen LogP contribution in [0.2, 0.25) is 0 Å². The zero-order valence-corrected chi connectivity index (χ0v) is 10.7. The van der Waals surface area contributed by atoms with Gasteiger partial charge in [0.1, 0.15) is 7.05 Å². The summed E-state index contributed by atoms with van der Waals surface area (Å²) in [6.45, 7) is 2.12. The van der Waals surface area contributed by atoms with Gasteiger partial charge in [-0.3, -0.25) is 0 Å². The quantitative estimate of drug-likeness (QED) is 0.566. The molecule has 0 saturated heterocycles. The van der Waals surface area contributed by atoms with Gasteiger partial charge in [-0.15, -0.1) is 0 Å². The lowest BCUT2D eigenvalue weighted by atomic mass is 10.0. The second-order valence-electron chi connectivity index (χ2n) is 4.76. The highest BCUT2D eigenvalue weighted by Crippen LogP contribution is 2.21. The van der Waals surface area contributed by atoms with E-state index in [1.807, 2.05) is 0 Å². The smallest absolute Gasteiger partial charge is 0.200 e. The number of rotatable bonds is 1. The Morgan fingerprint density at radius 1 is 0.833 bits per heavy atom. The average Bonchev–Trinajstić information content (AvgIpc) is 2.39. The number of aromatic nitrogens is 1. The lowest BCUT2D eigenvalue weighted by Gasteiger charge is -2.03. The van der Waals surface area contributed by atoms with Crippen molar-refractivity contribution in [3.05, 3.63) is 66.4 Å². The van der Waals surface area contributed by atoms with E-state index >= 15 is 0 Å². The SMILES string of the molecule is Cc1ccc(-c2cc3ccccc3[n+](C)c2)cc1. The molecule has 1 aromatic heterocycles. The van der Waals surface area contributed by atoms with Crippen molar-refractivity contribution in [2.24, 2.45) is 7.05 Å². The van der Waals surface area contributed by atoms with E-state index in [1.165, 1.54) is 27.6 Å². The van der Waals surface area contributed by atoms with Gasteiger partial charge in [0.15, 0.2) is 6.20 Å². The fourth-order valence-corrected chi connectivity index (χ4v) is 2.32. The van der Waals surface area contributed by atoms with Crippen LogP contribution in [0.3, 0.4) is 0 Å². The average molecular weight is 234 g/mol. The maximum atomic E-state index is 2.25. The summed E-state index contributed by atoms with van der Waals surface area (Å²) in [4.78, 5) is 0. The van der Waals surface area contributed by atoms with Crippen molar-refractivity contribution in [3.8, 4) is 11.1 Å². The lowest BCUT2D eigenvalue weighted by molar-refractivity contribution is -0.644. The molecule has 0 aliphatic rings. The number of hydrogen-bond acceptors (Lipinski definition) is 0. The number of fused-ring (bicyclic) bond motifs is 1. The monoisotopic (exact) mass is 234 g/mol. The molecule has 88 valence electrons. The predicted molar refractivity (Wildman–Crippen MR) is 75.3 cm³/mol. The lowest BCUT2D eigenvalue weighted by Crippen LogP contribution is -2.28. The van der Waals surface area contributed by atoms with Gasteiger partial charge in [0.2, 0.25) is 5.52 Å². The number of para-hydroxylation sites is 1. The van der Waals surface area contributed by atoms with Crippen LogP contribution in [0.25, 0.3) is 22.0 Å². The molecule has 0 aliphatic heterocycles. The first kappa shape index (κ1) is 11.0. The van der Waals surface area contributed by atoms with E-state index in [0.29, 0.717) is 0 Å². The Bertz CT molecular complexity index is 696. The van der Waals surface area contributed by atoms with Crippen LogP contribution in [0.5, 0.6) is 0 Å². The zero-order valence-electron chi connectivity index (χ0n) is 10.7. The molecule has 0 spiro atoms. The van der Waals surface area contributed by atoms with Crippen LogP contribution in [0, 0.1) is 6.92 Å². The maximum absolute atomic E-state index is 2.25. The molecule has 0 aliphatic carbocycles. The van der Waals surface area contributed by atoms with Crippen molar-refractivity contribution in [1.29, 1.82) is 0 Å². The van der Waals surface area contributed by atoms with Crippen LogP contribution in [-0.4, -0.2) is 0 Å². The molecule has 0 bridgehead atoms. The molecular weight excluding hydrogens is 218 g/mol. The van der Waals surface area contributed by atoms with Crippen LogP contribution in [0.1, 0.15) is 5.56 Å². The third-order valence-corrected chi connectivity index (χ3v) is 3.35. The number of hydrogen-bond donors (Lipinski definition) is 0. The van der Waals surface area contributed by atoms with E-state index in [1.54, 1.807) is 0 Å². The molecule has 18 heavy (non-hydrogen) atoms. The Hall–Kier alpha value is -2.15. The largest absolute Gasteiger partial charge is 0.212 e. The number of pyridine rings is 1. The highest BCUT2D eigenvalue weighted by atomic mass is 14.9. The van der Waals surface area contributed by atoms with E-state index in [0.717, 1.165) is 0 Å². The molecule has 1 heterocycles. The summed E-state index contributed by atoms with van der Waals surface area (Å²) in [5.41, 5.74) is 5.08. The fraction of sp³-hybridized carbons (Fsp3) is 0.118. The van der Waals surface area contributed by atoms with Crippen molar-refractivity contribution < 1.29 is 4.57 Å². The first-order valence-electron chi connectivity index (χ1n) is 6.19. The van der Waals surface area contributed by atoms with Crippen LogP contribution in [-0.2, 0) is 7.05 Å². The second kappa shape index (κ2) is 4.26. The van der Waals surface area contributed by atoms with Crippen LogP contribution >= 0.6 is 0 Å². The van der Waals surface area contributed by atoms with Gasteiger partial charge < -0.3 is 0 Å². The summed E-state index contributed by atoms with van der Waals surface area (Å²) in [7, 11) is 2.10. The Kier molecular flexibility index (Phi) is 2.60. The van der Waals surface area contributed by atoms with Gasteiger partial charge in [-0.2, -0.15) is 0 Å². The van der Waals surface area contributed by atoms with E-state index in [-0.39, 0.29) is 0 Å². The molecular formula is C17H16N+. The topological polar surface area (TPSA) is 3.88 Å². The van der Waals surface area contributed by atoms with Gasteiger partial charge in [0.25, 0.3) is 0 Å². The van der Waals surface area contributed by atoms with Crippen LogP contribution in [0.15, 0.2) is 60.8 Å². The van der Waals surface area contributed by atoms with Crippen LogP contribution in [0.4, 0.5) is 0 Å². The van der Waals surface area contributed by atoms with Gasteiger partial charge >= 0.3 is 0 Å². The first-order chi connectivity index (χ1) is 8.74. The molecule has 0 unspecified atom stereocenters. The Morgan fingerprint density at radius 2 is 1.56 bits per heavy atom. The molecule has 0 atom stereocenters. The van der Waals surface area contributed by atoms with Crippen molar-refractivity contribution in [2.75, 3.05) is 0 Å². The molecule has 3 aromatic rings. The molecule has 0 saturated carbocycles. The van der Waals surface area contributed by atoms with E-state index < -0.39 is 0 Å². The Morgan fingerprint density at radius 3 is 2.33 bits per heavy atom. The van der Waals surface area contributed by atoms with Gasteiger partial charge in [-0.25, -0.2) is 4.57 Å². The molecule has 0 radical (unpaired) electrons. The summed E-state index contributed by atoms with van der Waals surface area (Å²) in [5.74, 6) is 0. The minimum absolute atomic E-state index is 1.26. The van der Waals surface area contributed by atoms with E-state index in [4.69, 9.17) is 0 Å². The third-order valence-electron chi connectivity index (χ3n) is 3.35. The predicted octanol–water partition coefficient (Wildman–Crippen LogP) is 3.64. The zero-order chi connectivity index (χ0) is 12.5. The molecule has 0 fully saturated rings. The summed E-state index contributed by atoms with van der Waals surface area (Å²) >= 11 is 0. The molecule has 1 heteroatoms. The summed E-state index contributed by atoms with van der Waals surface area (Å²) in [6, 6.07) is 19.4. The summed E-state index contributed by atoms with van der Waals surface area (Å²) < 4.78 is 2.19. The first-order valence-corrected chi connectivity index (χ1v) is 6.19. The number of benzene rings is 2. The van der Waals surface area contributed by atoms with Crippen molar-refractivity contribution in [3.63, 3.8) is 0 Å². The number of nitrogens with zero attached hydrogens (tertiary/aromatic N) is 1. The molecule has 3 rings (SSSR count). The van der Waals surface area contributed by atoms with Gasteiger partial charge in [0.05, 0.1) is 0 Å². The molecule has 2 aromatic carbocycles. The maximum Gasteiger partial charge on any atom is 0.212 e. The highest BCUT2D eigenvalue weighted by Gasteiger charge is 2.08. The summed E-state index contributed by atoms with van der Waals surface area (Å²) in [6.07, 6.45) is 2.19. The van der Waals surface area contributed by atoms with Crippen molar-refractivity contribution in [1.82, 2.24) is 0 Å². The second-order valence-corrected chi connectivity index (χ2v) is 4.76. The van der Waals surface area contributed by atoms with E-state index in [9.17, 15) is 0 Å². The summed E-state index contributed by atoms with van der Waals surface area (Å²) in [5, 5.41) is 1.28. The fourth-order valence-electron chi connectivity index (χ4n) is 2.32. The van der Waals surface area contributed by atoms with Crippen LogP contribution < -0.4 is 4.57 Å². The molecule has 1 nitrogen and oxygen atoms in total. The number of aryl methyl sites for hydroxylation is 2. The minimum Gasteiger partial charge on any atom is -0.200 e. The minimum atomic E-state index is 1.26. The third kappa shape index (κ3) is 1.88. The molecule has 0 N–H and O–H groups in total. The van der Waals surface area contributed by atoms with Crippen molar-refractivity contribution >= 4 is 10.9 Å². The van der Waals surface area contributed by atoms with Gasteiger partial charge in [0, 0.05) is 17.0 Å². The van der Waals surface area contributed by atoms with Gasteiger partial charge in [-0.05, 0) is 24.6 Å². The molecule has 0 amide bonds.